The Morgan fingerprint density at radius 2 is 1.86 bits per heavy atom. The molecule has 1 aliphatic carbocycles. The van der Waals surface area contributed by atoms with Crippen molar-refractivity contribution in [3.63, 3.8) is 0 Å². The van der Waals surface area contributed by atoms with Crippen LogP contribution in [0.15, 0.2) is 48.5 Å². The van der Waals surface area contributed by atoms with Crippen LogP contribution in [0.2, 0.25) is 0 Å². The Hall–Kier alpha value is -3.35. The van der Waals surface area contributed by atoms with E-state index in [0.717, 1.165) is 12.0 Å². The van der Waals surface area contributed by atoms with Gasteiger partial charge in [-0.25, -0.2) is 4.79 Å². The van der Waals surface area contributed by atoms with Gasteiger partial charge in [0, 0.05) is 17.7 Å². The SMILES string of the molecule is O=C(NC1(C(=O)O)CCC1)c1cccc(NC(=O)C2Cc3ccccc3O2)c1. The summed E-state index contributed by atoms with van der Waals surface area (Å²) in [5.74, 6) is -1.08. The maximum Gasteiger partial charge on any atom is 0.329 e. The van der Waals surface area contributed by atoms with Crippen molar-refractivity contribution in [2.45, 2.75) is 37.3 Å². The fraction of sp³-hybridized carbons (Fsp3) is 0.286. The maximum atomic E-state index is 12.5. The number of hydrogen-bond donors (Lipinski definition) is 3. The molecule has 0 radical (unpaired) electrons. The molecule has 7 heteroatoms. The molecule has 144 valence electrons. The van der Waals surface area contributed by atoms with Crippen LogP contribution < -0.4 is 15.4 Å². The third-order valence-electron chi connectivity index (χ3n) is 5.30. The molecule has 3 N–H and O–H groups in total. The minimum Gasteiger partial charge on any atom is -0.480 e. The summed E-state index contributed by atoms with van der Waals surface area (Å²) < 4.78 is 5.68. The van der Waals surface area contributed by atoms with Crippen molar-refractivity contribution in [2.75, 3.05) is 5.32 Å². The molecule has 2 aliphatic rings. The van der Waals surface area contributed by atoms with Gasteiger partial charge in [0.1, 0.15) is 11.3 Å². The summed E-state index contributed by atoms with van der Waals surface area (Å²) in [6, 6.07) is 13.9. The van der Waals surface area contributed by atoms with Crippen LogP contribution in [0.5, 0.6) is 5.75 Å². The van der Waals surface area contributed by atoms with Gasteiger partial charge in [-0.05, 0) is 49.1 Å². The predicted octanol–water partition coefficient (Wildman–Crippen LogP) is 2.37. The van der Waals surface area contributed by atoms with Gasteiger partial charge in [-0.3, -0.25) is 9.59 Å². The molecule has 1 aliphatic heterocycles. The van der Waals surface area contributed by atoms with Crippen molar-refractivity contribution in [1.82, 2.24) is 5.32 Å². The Morgan fingerprint density at radius 1 is 1.07 bits per heavy atom. The van der Waals surface area contributed by atoms with E-state index in [1.165, 1.54) is 6.07 Å². The Kier molecular flexibility index (Phi) is 4.50. The summed E-state index contributed by atoms with van der Waals surface area (Å²) in [5, 5.41) is 14.7. The van der Waals surface area contributed by atoms with Crippen LogP contribution in [0.25, 0.3) is 0 Å². The minimum absolute atomic E-state index is 0.293. The van der Waals surface area contributed by atoms with Crippen molar-refractivity contribution in [1.29, 1.82) is 0 Å². The zero-order valence-corrected chi connectivity index (χ0v) is 15.1. The Balaban J connectivity index is 1.42. The van der Waals surface area contributed by atoms with Gasteiger partial charge in [-0.2, -0.15) is 0 Å². The van der Waals surface area contributed by atoms with Gasteiger partial charge in [0.05, 0.1) is 0 Å². The van der Waals surface area contributed by atoms with Gasteiger partial charge in [-0.15, -0.1) is 0 Å². The number of aliphatic carboxylic acids is 1. The lowest BCUT2D eigenvalue weighted by molar-refractivity contribution is -0.148. The number of ether oxygens (including phenoxy) is 1. The molecule has 1 unspecified atom stereocenters. The van der Waals surface area contributed by atoms with E-state index < -0.39 is 23.5 Å². The number of carbonyl (C=O) groups is 3. The van der Waals surface area contributed by atoms with E-state index in [2.05, 4.69) is 10.6 Å². The predicted molar refractivity (Wildman–Crippen MR) is 101 cm³/mol. The van der Waals surface area contributed by atoms with E-state index in [-0.39, 0.29) is 5.91 Å². The van der Waals surface area contributed by atoms with Crippen LogP contribution in [-0.4, -0.2) is 34.5 Å². The molecular weight excluding hydrogens is 360 g/mol. The van der Waals surface area contributed by atoms with Gasteiger partial charge in [-0.1, -0.05) is 24.3 Å². The highest BCUT2D eigenvalue weighted by Gasteiger charge is 2.45. The highest BCUT2D eigenvalue weighted by atomic mass is 16.5. The highest BCUT2D eigenvalue weighted by molar-refractivity contribution is 6.00. The number of rotatable bonds is 5. The van der Waals surface area contributed by atoms with Gasteiger partial charge in [0.25, 0.3) is 11.8 Å². The van der Waals surface area contributed by atoms with E-state index in [1.54, 1.807) is 18.2 Å². The summed E-state index contributed by atoms with van der Waals surface area (Å²) in [4.78, 5) is 36.4. The van der Waals surface area contributed by atoms with Crippen LogP contribution in [0.1, 0.15) is 35.2 Å². The standard InChI is InChI=1S/C21H20N2O5/c24-18(23-21(20(26)27)9-4-10-21)14-6-3-7-15(11-14)22-19(25)17-12-13-5-1-2-8-16(13)28-17/h1-3,5-8,11,17H,4,9-10,12H2,(H,22,25)(H,23,24)(H,26,27). The number of carboxylic acid groups (broad SMARTS) is 1. The smallest absolute Gasteiger partial charge is 0.329 e. The minimum atomic E-state index is -1.18. The molecule has 2 amide bonds. The molecule has 0 saturated heterocycles. The third-order valence-corrected chi connectivity index (χ3v) is 5.30. The van der Waals surface area contributed by atoms with E-state index in [4.69, 9.17) is 4.74 Å². The second kappa shape index (κ2) is 6.99. The lowest BCUT2D eigenvalue weighted by Gasteiger charge is -2.38. The Bertz CT molecular complexity index is 926. The maximum absolute atomic E-state index is 12.5. The zero-order valence-electron chi connectivity index (χ0n) is 15.1. The third kappa shape index (κ3) is 3.31. The zero-order chi connectivity index (χ0) is 19.7. The van der Waals surface area contributed by atoms with Crippen molar-refractivity contribution < 1.29 is 24.2 Å². The van der Waals surface area contributed by atoms with E-state index >= 15 is 0 Å². The van der Waals surface area contributed by atoms with Gasteiger partial charge in [0.2, 0.25) is 0 Å². The molecular formula is C21H20N2O5. The number of anilines is 1. The second-order valence-electron chi connectivity index (χ2n) is 7.18. The molecule has 7 nitrogen and oxygen atoms in total. The molecule has 0 spiro atoms. The Morgan fingerprint density at radius 3 is 2.54 bits per heavy atom. The van der Waals surface area contributed by atoms with Crippen molar-refractivity contribution >= 4 is 23.5 Å². The lowest BCUT2D eigenvalue weighted by atomic mass is 9.76. The van der Waals surface area contributed by atoms with Crippen molar-refractivity contribution in [3.05, 3.63) is 59.7 Å². The first-order valence-corrected chi connectivity index (χ1v) is 9.18. The molecule has 4 rings (SSSR count). The first kappa shape index (κ1) is 18.0. The van der Waals surface area contributed by atoms with Crippen LogP contribution >= 0.6 is 0 Å². The first-order chi connectivity index (χ1) is 13.5. The van der Waals surface area contributed by atoms with E-state index in [1.807, 2.05) is 24.3 Å². The quantitative estimate of drug-likeness (QED) is 0.739. The second-order valence-corrected chi connectivity index (χ2v) is 7.18. The number of benzene rings is 2. The number of fused-ring (bicyclic) bond motifs is 1. The van der Waals surface area contributed by atoms with Crippen molar-refractivity contribution in [3.8, 4) is 5.75 Å². The van der Waals surface area contributed by atoms with Crippen LogP contribution in [0.4, 0.5) is 5.69 Å². The number of para-hydroxylation sites is 1. The van der Waals surface area contributed by atoms with Crippen molar-refractivity contribution in [2.24, 2.45) is 0 Å². The monoisotopic (exact) mass is 380 g/mol. The largest absolute Gasteiger partial charge is 0.480 e. The molecule has 1 heterocycles. The van der Waals surface area contributed by atoms with Crippen LogP contribution in [0, 0.1) is 0 Å². The molecule has 1 fully saturated rings. The van der Waals surface area contributed by atoms with Gasteiger partial charge >= 0.3 is 5.97 Å². The molecule has 2 aromatic rings. The number of amides is 2. The summed E-state index contributed by atoms with van der Waals surface area (Å²) in [6.07, 6.45) is 1.48. The normalized spacial score (nSPS) is 18.9. The summed E-state index contributed by atoms with van der Waals surface area (Å²) in [6.45, 7) is 0. The van der Waals surface area contributed by atoms with E-state index in [0.29, 0.717) is 36.3 Å². The van der Waals surface area contributed by atoms with E-state index in [9.17, 15) is 19.5 Å². The number of carbonyl (C=O) groups excluding carboxylic acids is 2. The summed E-state index contributed by atoms with van der Waals surface area (Å²) in [7, 11) is 0. The first-order valence-electron chi connectivity index (χ1n) is 9.18. The number of nitrogens with one attached hydrogen (secondary N) is 2. The number of carboxylic acids is 1. The number of hydrogen-bond acceptors (Lipinski definition) is 4. The van der Waals surface area contributed by atoms with Crippen LogP contribution in [0.3, 0.4) is 0 Å². The Labute approximate surface area is 161 Å². The molecule has 1 saturated carbocycles. The van der Waals surface area contributed by atoms with Gasteiger partial charge < -0.3 is 20.5 Å². The summed E-state index contributed by atoms with van der Waals surface area (Å²) >= 11 is 0. The topological polar surface area (TPSA) is 105 Å². The lowest BCUT2D eigenvalue weighted by Crippen LogP contribution is -2.59. The average molecular weight is 380 g/mol. The molecule has 0 aromatic heterocycles. The van der Waals surface area contributed by atoms with Crippen LogP contribution in [-0.2, 0) is 16.0 Å². The average Bonchev–Trinajstić information content (AvgIpc) is 3.09. The molecule has 0 bridgehead atoms. The van der Waals surface area contributed by atoms with Gasteiger partial charge in [0.15, 0.2) is 6.10 Å². The highest BCUT2D eigenvalue weighted by Crippen LogP contribution is 2.32. The molecule has 1 atom stereocenters. The molecule has 2 aromatic carbocycles. The fourth-order valence-electron chi connectivity index (χ4n) is 3.50. The molecule has 28 heavy (non-hydrogen) atoms. The summed E-state index contributed by atoms with van der Waals surface area (Å²) in [5.41, 5.74) is 0.547. The fourth-order valence-corrected chi connectivity index (χ4v) is 3.50.